The van der Waals surface area contributed by atoms with Crippen LogP contribution in [0.5, 0.6) is 11.5 Å². The van der Waals surface area contributed by atoms with Crippen LogP contribution in [0.4, 0.5) is 0 Å². The molecule has 2 aromatic carbocycles. The van der Waals surface area contributed by atoms with Crippen molar-refractivity contribution in [1.29, 1.82) is 0 Å². The van der Waals surface area contributed by atoms with E-state index < -0.39 is 11.1 Å². The molecule has 1 aliphatic carbocycles. The number of fused-ring (bicyclic) bond motifs is 1. The zero-order valence-electron chi connectivity index (χ0n) is 16.2. The number of aliphatic hydroxyl groups is 1. The van der Waals surface area contributed by atoms with Gasteiger partial charge in [-0.05, 0) is 43.0 Å². The Morgan fingerprint density at radius 3 is 2.46 bits per heavy atom. The number of carbonyl (C=O) groups is 1. The Labute approximate surface area is 165 Å². The summed E-state index contributed by atoms with van der Waals surface area (Å²) in [4.78, 5) is 12.9. The number of ether oxygens (including phenoxy) is 2. The maximum atomic E-state index is 12.9. The maximum Gasteiger partial charge on any atom is 0.223 e. The molecule has 5 nitrogen and oxygen atoms in total. The van der Waals surface area contributed by atoms with Gasteiger partial charge in [0.2, 0.25) is 5.91 Å². The molecular formula is C23H27NO4. The highest BCUT2D eigenvalue weighted by Gasteiger charge is 2.39. The lowest BCUT2D eigenvalue weighted by Gasteiger charge is -2.33. The molecule has 2 aromatic rings. The second-order valence-corrected chi connectivity index (χ2v) is 8.01. The van der Waals surface area contributed by atoms with Crippen LogP contribution in [-0.4, -0.2) is 24.2 Å². The van der Waals surface area contributed by atoms with Crippen molar-refractivity contribution in [2.24, 2.45) is 0 Å². The van der Waals surface area contributed by atoms with E-state index in [0.717, 1.165) is 48.3 Å². The minimum absolute atomic E-state index is 0.0172. The van der Waals surface area contributed by atoms with Crippen molar-refractivity contribution in [3.63, 3.8) is 0 Å². The Balaban J connectivity index is 1.54. The summed E-state index contributed by atoms with van der Waals surface area (Å²) in [6.45, 7) is 2.78. The topological polar surface area (TPSA) is 67.8 Å². The van der Waals surface area contributed by atoms with E-state index in [0.29, 0.717) is 13.2 Å². The van der Waals surface area contributed by atoms with Crippen LogP contribution in [-0.2, 0) is 15.9 Å². The highest BCUT2D eigenvalue weighted by molar-refractivity contribution is 5.78. The third kappa shape index (κ3) is 3.72. The van der Waals surface area contributed by atoms with Crippen LogP contribution in [0.25, 0.3) is 0 Å². The number of benzene rings is 2. The largest absolute Gasteiger partial charge is 0.486 e. The molecule has 0 bridgehead atoms. The Kier molecular flexibility index (Phi) is 5.02. The monoisotopic (exact) mass is 381 g/mol. The standard InChI is InChI=1S/C23H27NO4/c1-22(26,17-7-3-2-4-8-17)16-21(25)24-23(11-5-6-12-23)18-9-10-19-20(15-18)28-14-13-27-19/h2-4,7-10,15,26H,5-6,11-14,16H2,1H3,(H,24,25)/t22-/m1/s1. The van der Waals surface area contributed by atoms with E-state index in [2.05, 4.69) is 5.32 Å². The van der Waals surface area contributed by atoms with Gasteiger partial charge in [0.1, 0.15) is 13.2 Å². The zero-order valence-corrected chi connectivity index (χ0v) is 16.2. The van der Waals surface area contributed by atoms with Crippen LogP contribution in [0.15, 0.2) is 48.5 Å². The minimum Gasteiger partial charge on any atom is -0.486 e. The highest BCUT2D eigenvalue weighted by atomic mass is 16.6. The van der Waals surface area contributed by atoms with Crippen molar-refractivity contribution in [3.8, 4) is 11.5 Å². The fourth-order valence-corrected chi connectivity index (χ4v) is 4.33. The van der Waals surface area contributed by atoms with Crippen LogP contribution in [0.2, 0.25) is 0 Å². The van der Waals surface area contributed by atoms with E-state index in [9.17, 15) is 9.90 Å². The van der Waals surface area contributed by atoms with Crippen molar-refractivity contribution >= 4 is 5.91 Å². The number of hydrogen-bond donors (Lipinski definition) is 2. The summed E-state index contributed by atoms with van der Waals surface area (Å²) in [5, 5.41) is 14.1. The fraction of sp³-hybridized carbons (Fsp3) is 0.435. The molecule has 4 rings (SSSR count). The van der Waals surface area contributed by atoms with Gasteiger partial charge >= 0.3 is 0 Å². The van der Waals surface area contributed by atoms with Gasteiger partial charge in [-0.3, -0.25) is 4.79 Å². The van der Waals surface area contributed by atoms with Gasteiger partial charge in [-0.1, -0.05) is 49.2 Å². The maximum absolute atomic E-state index is 12.9. The van der Waals surface area contributed by atoms with E-state index in [-0.39, 0.29) is 12.3 Å². The Bertz CT molecular complexity index is 841. The lowest BCUT2D eigenvalue weighted by molar-refractivity contribution is -0.128. The lowest BCUT2D eigenvalue weighted by atomic mass is 9.86. The van der Waals surface area contributed by atoms with Gasteiger partial charge in [-0.2, -0.15) is 0 Å². The number of amides is 1. The van der Waals surface area contributed by atoms with E-state index in [1.165, 1.54) is 0 Å². The molecule has 0 unspecified atom stereocenters. The van der Waals surface area contributed by atoms with E-state index in [4.69, 9.17) is 9.47 Å². The molecule has 148 valence electrons. The Morgan fingerprint density at radius 1 is 1.07 bits per heavy atom. The first-order valence-corrected chi connectivity index (χ1v) is 9.98. The number of hydrogen-bond acceptors (Lipinski definition) is 4. The van der Waals surface area contributed by atoms with Crippen molar-refractivity contribution in [1.82, 2.24) is 5.32 Å². The smallest absolute Gasteiger partial charge is 0.223 e. The summed E-state index contributed by atoms with van der Waals surface area (Å²) in [6.07, 6.45) is 3.90. The van der Waals surface area contributed by atoms with Crippen molar-refractivity contribution < 1.29 is 19.4 Å². The Hall–Kier alpha value is -2.53. The predicted molar refractivity (Wildman–Crippen MR) is 106 cm³/mol. The van der Waals surface area contributed by atoms with Gasteiger partial charge in [0, 0.05) is 0 Å². The normalized spacial score (nSPS) is 19.6. The molecule has 0 spiro atoms. The first-order valence-electron chi connectivity index (χ1n) is 9.98. The van der Waals surface area contributed by atoms with Gasteiger partial charge in [-0.25, -0.2) is 0 Å². The zero-order chi connectivity index (χ0) is 19.6. The average molecular weight is 381 g/mol. The first-order chi connectivity index (χ1) is 13.5. The molecule has 1 fully saturated rings. The number of nitrogens with one attached hydrogen (secondary N) is 1. The summed E-state index contributed by atoms with van der Waals surface area (Å²) in [7, 11) is 0. The van der Waals surface area contributed by atoms with Crippen LogP contribution in [0, 0.1) is 0 Å². The molecule has 5 heteroatoms. The highest BCUT2D eigenvalue weighted by Crippen LogP contribution is 2.42. The predicted octanol–water partition coefficient (Wildman–Crippen LogP) is 3.64. The summed E-state index contributed by atoms with van der Waals surface area (Å²) in [5.74, 6) is 1.34. The molecule has 1 amide bonds. The number of carbonyl (C=O) groups excluding carboxylic acids is 1. The molecule has 0 aromatic heterocycles. The quantitative estimate of drug-likeness (QED) is 0.830. The molecule has 1 atom stereocenters. The molecule has 28 heavy (non-hydrogen) atoms. The molecule has 2 aliphatic rings. The summed E-state index contributed by atoms with van der Waals surface area (Å²) < 4.78 is 11.4. The molecular weight excluding hydrogens is 354 g/mol. The summed E-state index contributed by atoms with van der Waals surface area (Å²) >= 11 is 0. The third-order valence-electron chi connectivity index (χ3n) is 5.83. The van der Waals surface area contributed by atoms with Crippen LogP contribution < -0.4 is 14.8 Å². The van der Waals surface area contributed by atoms with E-state index in [1.807, 2.05) is 48.5 Å². The molecule has 1 heterocycles. The van der Waals surface area contributed by atoms with Gasteiger partial charge in [0.05, 0.1) is 17.6 Å². The van der Waals surface area contributed by atoms with Crippen molar-refractivity contribution in [2.75, 3.05) is 13.2 Å². The molecule has 0 radical (unpaired) electrons. The van der Waals surface area contributed by atoms with Crippen LogP contribution in [0.1, 0.15) is 50.2 Å². The van der Waals surface area contributed by atoms with Crippen LogP contribution >= 0.6 is 0 Å². The number of rotatable bonds is 5. The Morgan fingerprint density at radius 2 is 1.75 bits per heavy atom. The van der Waals surface area contributed by atoms with E-state index >= 15 is 0 Å². The second-order valence-electron chi connectivity index (χ2n) is 8.01. The SMILES string of the molecule is C[C@@](O)(CC(=O)NC1(c2ccc3c(c2)OCCO3)CCCC1)c1ccccc1. The molecule has 0 saturated heterocycles. The lowest BCUT2D eigenvalue weighted by Crippen LogP contribution is -2.45. The van der Waals surface area contributed by atoms with Crippen molar-refractivity contribution in [3.05, 3.63) is 59.7 Å². The van der Waals surface area contributed by atoms with Crippen molar-refractivity contribution in [2.45, 2.75) is 50.2 Å². The molecule has 1 aliphatic heterocycles. The first kappa shape index (κ1) is 18.8. The minimum atomic E-state index is -1.21. The average Bonchev–Trinajstić information content (AvgIpc) is 3.17. The summed E-state index contributed by atoms with van der Waals surface area (Å²) in [5.41, 5.74) is 0.157. The fourth-order valence-electron chi connectivity index (χ4n) is 4.33. The third-order valence-corrected chi connectivity index (χ3v) is 5.83. The summed E-state index contributed by atoms with van der Waals surface area (Å²) in [6, 6.07) is 15.3. The second kappa shape index (κ2) is 7.47. The molecule has 1 saturated carbocycles. The van der Waals surface area contributed by atoms with E-state index in [1.54, 1.807) is 6.92 Å². The molecule has 2 N–H and O–H groups in total. The van der Waals surface area contributed by atoms with Gasteiger partial charge in [0.25, 0.3) is 0 Å². The van der Waals surface area contributed by atoms with Crippen LogP contribution in [0.3, 0.4) is 0 Å². The van der Waals surface area contributed by atoms with Gasteiger partial charge in [0.15, 0.2) is 11.5 Å². The van der Waals surface area contributed by atoms with Gasteiger partial charge in [-0.15, -0.1) is 0 Å². The van der Waals surface area contributed by atoms with Gasteiger partial charge < -0.3 is 19.9 Å².